The Balaban J connectivity index is 0.00000289. The summed E-state index contributed by atoms with van der Waals surface area (Å²) in [4.78, 5) is 17.6. The highest BCUT2D eigenvalue weighted by Crippen LogP contribution is 2.33. The number of carbonyl (C=O) groups excluding carboxylic acids is 1. The maximum Gasteiger partial charge on any atom is 0.257 e. The number of benzene rings is 2. The van der Waals surface area contributed by atoms with Crippen LogP contribution in [-0.4, -0.2) is 59.9 Å². The third-order valence-electron chi connectivity index (χ3n) is 6.99. The van der Waals surface area contributed by atoms with Crippen LogP contribution in [0.2, 0.25) is 5.02 Å². The van der Waals surface area contributed by atoms with Gasteiger partial charge in [0.25, 0.3) is 5.91 Å². The summed E-state index contributed by atoms with van der Waals surface area (Å²) in [6.45, 7) is 6.09. The van der Waals surface area contributed by atoms with E-state index in [0.29, 0.717) is 42.5 Å². The number of piperidine rings is 1. The van der Waals surface area contributed by atoms with E-state index in [9.17, 15) is 9.18 Å². The molecule has 2 aliphatic rings. The molecule has 1 amide bonds. The van der Waals surface area contributed by atoms with E-state index in [2.05, 4.69) is 10.4 Å². The first-order chi connectivity index (χ1) is 16.5. The van der Waals surface area contributed by atoms with Crippen LogP contribution in [0.15, 0.2) is 48.7 Å². The molecule has 2 saturated heterocycles. The fourth-order valence-electron chi connectivity index (χ4n) is 5.06. The highest BCUT2D eigenvalue weighted by Gasteiger charge is 2.31. The Morgan fingerprint density at radius 1 is 1.03 bits per heavy atom. The number of piperazine rings is 1. The van der Waals surface area contributed by atoms with Gasteiger partial charge >= 0.3 is 0 Å². The monoisotopic (exact) mass is 517 g/mol. The van der Waals surface area contributed by atoms with E-state index in [-0.39, 0.29) is 30.0 Å². The van der Waals surface area contributed by atoms with Crippen molar-refractivity contribution in [3.63, 3.8) is 0 Å². The maximum atomic E-state index is 14.2. The molecular formula is C26H30Cl2FN5O. The van der Waals surface area contributed by atoms with Crippen LogP contribution in [0.25, 0.3) is 5.69 Å². The topological polar surface area (TPSA) is 53.4 Å². The van der Waals surface area contributed by atoms with Crippen molar-refractivity contribution in [2.75, 3.05) is 44.2 Å². The molecule has 0 spiro atoms. The summed E-state index contributed by atoms with van der Waals surface area (Å²) in [7, 11) is 0. The van der Waals surface area contributed by atoms with E-state index in [0.717, 1.165) is 42.9 Å². The fourth-order valence-corrected chi connectivity index (χ4v) is 5.23. The number of nitrogens with one attached hydrogen (secondary N) is 1. The van der Waals surface area contributed by atoms with Crippen molar-refractivity contribution in [2.45, 2.75) is 25.7 Å². The molecule has 0 radical (unpaired) electrons. The minimum absolute atomic E-state index is 0. The Labute approximate surface area is 216 Å². The van der Waals surface area contributed by atoms with Crippen LogP contribution < -0.4 is 10.2 Å². The average Bonchev–Trinajstić information content (AvgIpc) is 3.31. The molecule has 186 valence electrons. The van der Waals surface area contributed by atoms with E-state index < -0.39 is 0 Å². The van der Waals surface area contributed by atoms with Crippen molar-refractivity contribution in [1.29, 1.82) is 0 Å². The van der Waals surface area contributed by atoms with Gasteiger partial charge in [0.05, 0.1) is 28.8 Å². The van der Waals surface area contributed by atoms with Crippen LogP contribution >= 0.6 is 24.0 Å². The molecule has 9 heteroatoms. The van der Waals surface area contributed by atoms with Gasteiger partial charge in [-0.3, -0.25) is 4.79 Å². The van der Waals surface area contributed by atoms with Crippen molar-refractivity contribution in [2.24, 2.45) is 0 Å². The van der Waals surface area contributed by atoms with Gasteiger partial charge in [0, 0.05) is 37.1 Å². The average molecular weight is 518 g/mol. The molecule has 0 bridgehead atoms. The van der Waals surface area contributed by atoms with E-state index in [1.165, 1.54) is 6.07 Å². The van der Waals surface area contributed by atoms with Gasteiger partial charge in [0.1, 0.15) is 5.82 Å². The lowest BCUT2D eigenvalue weighted by atomic mass is 9.91. The first-order valence-electron chi connectivity index (χ1n) is 11.9. The second-order valence-corrected chi connectivity index (χ2v) is 9.40. The molecule has 0 aliphatic carbocycles. The SMILES string of the molecule is Cc1c(Cl)cccc1-n1ncc(C(=O)N2CCN(c3ccccc3F)CC2)c1C1CCNCC1.Cl. The van der Waals surface area contributed by atoms with Crippen LogP contribution in [0.3, 0.4) is 0 Å². The van der Waals surface area contributed by atoms with Gasteiger partial charge in [0.2, 0.25) is 0 Å². The molecule has 0 saturated carbocycles. The number of anilines is 1. The van der Waals surface area contributed by atoms with Gasteiger partial charge in [-0.25, -0.2) is 9.07 Å². The summed E-state index contributed by atoms with van der Waals surface area (Å²) in [6, 6.07) is 12.6. The van der Waals surface area contributed by atoms with E-state index in [1.54, 1.807) is 18.3 Å². The molecule has 2 aliphatic heterocycles. The Morgan fingerprint density at radius 2 is 1.71 bits per heavy atom. The number of halogens is 3. The first-order valence-corrected chi connectivity index (χ1v) is 12.2. The minimum Gasteiger partial charge on any atom is -0.366 e. The van der Waals surface area contributed by atoms with Crippen LogP contribution in [0, 0.1) is 12.7 Å². The number of rotatable bonds is 4. The van der Waals surface area contributed by atoms with E-state index in [4.69, 9.17) is 11.6 Å². The van der Waals surface area contributed by atoms with E-state index >= 15 is 0 Å². The lowest BCUT2D eigenvalue weighted by molar-refractivity contribution is 0.0744. The zero-order valence-electron chi connectivity index (χ0n) is 19.7. The quantitative estimate of drug-likeness (QED) is 0.538. The Hall–Kier alpha value is -2.61. The molecule has 1 aromatic heterocycles. The number of nitrogens with zero attached hydrogens (tertiary/aromatic N) is 4. The van der Waals surface area contributed by atoms with Crippen LogP contribution in [0.5, 0.6) is 0 Å². The van der Waals surface area contributed by atoms with Crippen molar-refractivity contribution >= 4 is 35.6 Å². The van der Waals surface area contributed by atoms with Gasteiger partial charge in [-0.2, -0.15) is 5.10 Å². The largest absolute Gasteiger partial charge is 0.366 e. The number of hydrogen-bond acceptors (Lipinski definition) is 4. The summed E-state index contributed by atoms with van der Waals surface area (Å²) in [6.07, 6.45) is 3.61. The lowest BCUT2D eigenvalue weighted by Gasteiger charge is -2.36. The van der Waals surface area contributed by atoms with Gasteiger partial charge in [-0.05, 0) is 62.7 Å². The van der Waals surface area contributed by atoms with Gasteiger partial charge in [-0.15, -0.1) is 12.4 Å². The minimum atomic E-state index is -0.228. The van der Waals surface area contributed by atoms with Crippen LogP contribution in [-0.2, 0) is 0 Å². The highest BCUT2D eigenvalue weighted by atomic mass is 35.5. The molecule has 2 fully saturated rings. The van der Waals surface area contributed by atoms with Gasteiger partial charge in [0.15, 0.2) is 0 Å². The molecule has 1 N–H and O–H groups in total. The van der Waals surface area contributed by atoms with Crippen molar-refractivity contribution in [3.8, 4) is 5.69 Å². The summed E-state index contributed by atoms with van der Waals surface area (Å²) >= 11 is 6.41. The summed E-state index contributed by atoms with van der Waals surface area (Å²) in [5.74, 6) is 0.00192. The third-order valence-corrected chi connectivity index (χ3v) is 7.40. The Bertz CT molecular complexity index is 1190. The predicted molar refractivity (Wildman–Crippen MR) is 140 cm³/mol. The van der Waals surface area contributed by atoms with Crippen LogP contribution in [0.4, 0.5) is 10.1 Å². The Kier molecular flexibility index (Phi) is 7.99. The number of amides is 1. The second kappa shape index (κ2) is 11.0. The van der Waals surface area contributed by atoms with Crippen molar-refractivity contribution in [3.05, 3.63) is 76.3 Å². The van der Waals surface area contributed by atoms with Crippen molar-refractivity contribution < 1.29 is 9.18 Å². The highest BCUT2D eigenvalue weighted by molar-refractivity contribution is 6.31. The zero-order chi connectivity index (χ0) is 23.7. The van der Waals surface area contributed by atoms with Gasteiger partial charge in [-0.1, -0.05) is 29.8 Å². The smallest absolute Gasteiger partial charge is 0.257 e. The standard InChI is InChI=1S/C26H29ClFN5O.ClH/c1-18-21(27)5-4-8-23(18)33-25(19-9-11-29-12-10-19)20(17-30-33)26(34)32-15-13-31(14-16-32)24-7-3-2-6-22(24)28;/h2-8,17,19,29H,9-16H2,1H3;1H. The molecule has 2 aromatic carbocycles. The molecule has 3 aromatic rings. The molecular weight excluding hydrogens is 488 g/mol. The van der Waals surface area contributed by atoms with Gasteiger partial charge < -0.3 is 15.1 Å². The summed E-state index contributed by atoms with van der Waals surface area (Å²) < 4.78 is 16.1. The number of carbonyl (C=O) groups is 1. The third kappa shape index (κ3) is 5.03. The Morgan fingerprint density at radius 3 is 2.43 bits per heavy atom. The fraction of sp³-hybridized carbons (Fsp3) is 0.385. The predicted octanol–water partition coefficient (Wildman–Crippen LogP) is 4.82. The van der Waals surface area contributed by atoms with Crippen molar-refractivity contribution in [1.82, 2.24) is 20.0 Å². The lowest BCUT2D eigenvalue weighted by Crippen LogP contribution is -2.49. The zero-order valence-corrected chi connectivity index (χ0v) is 21.3. The second-order valence-electron chi connectivity index (χ2n) is 8.99. The molecule has 5 rings (SSSR count). The van der Waals surface area contributed by atoms with E-state index in [1.807, 2.05) is 45.7 Å². The van der Waals surface area contributed by atoms with Crippen LogP contribution in [0.1, 0.15) is 40.4 Å². The summed E-state index contributed by atoms with van der Waals surface area (Å²) in [5, 5.41) is 8.78. The molecule has 35 heavy (non-hydrogen) atoms. The summed E-state index contributed by atoms with van der Waals surface area (Å²) in [5.41, 5.74) is 4.07. The maximum absolute atomic E-state index is 14.2. The number of aromatic nitrogens is 2. The molecule has 6 nitrogen and oxygen atoms in total. The molecule has 0 atom stereocenters. The normalized spacial score (nSPS) is 16.8. The number of para-hydroxylation sites is 1. The molecule has 3 heterocycles. The first kappa shape index (κ1) is 25.5. The number of hydrogen-bond donors (Lipinski definition) is 1. The molecule has 0 unspecified atom stereocenters.